The fourth-order valence-corrected chi connectivity index (χ4v) is 4.53. The monoisotopic (exact) mass is 493 g/mol. The Bertz CT molecular complexity index is 987. The first-order valence-electron chi connectivity index (χ1n) is 8.64. The van der Waals surface area contributed by atoms with Gasteiger partial charge >= 0.3 is 5.97 Å². The third-order valence-corrected chi connectivity index (χ3v) is 5.96. The summed E-state index contributed by atoms with van der Waals surface area (Å²) in [5.74, 6) is 1.40. The van der Waals surface area contributed by atoms with E-state index in [0.29, 0.717) is 26.4 Å². The van der Waals surface area contributed by atoms with Crippen molar-refractivity contribution < 1.29 is 19.4 Å². The van der Waals surface area contributed by atoms with Crippen LogP contribution in [0, 0.1) is 0 Å². The molecule has 1 aliphatic carbocycles. The van der Waals surface area contributed by atoms with E-state index in [1.54, 1.807) is 12.1 Å². The van der Waals surface area contributed by atoms with E-state index in [4.69, 9.17) is 14.6 Å². The molecule has 1 fully saturated rings. The van der Waals surface area contributed by atoms with Crippen LogP contribution in [0.25, 0.3) is 10.9 Å². The smallest absolute Gasteiger partial charge is 0.341 e. The van der Waals surface area contributed by atoms with E-state index in [9.17, 15) is 4.79 Å². The lowest BCUT2D eigenvalue weighted by Crippen LogP contribution is -2.09. The van der Waals surface area contributed by atoms with E-state index in [0.717, 1.165) is 11.3 Å². The molecule has 0 bridgehead atoms. The highest BCUT2D eigenvalue weighted by Gasteiger charge is 2.22. The lowest BCUT2D eigenvalue weighted by Gasteiger charge is -2.25. The quantitative estimate of drug-likeness (QED) is 0.427. The van der Waals surface area contributed by atoms with Gasteiger partial charge in [0.05, 0.1) is 8.95 Å². The first kappa shape index (κ1) is 18.4. The van der Waals surface area contributed by atoms with Gasteiger partial charge in [-0.1, -0.05) is 6.42 Å². The molecule has 7 heteroatoms. The number of nitrogens with one attached hydrogen (secondary N) is 1. The lowest BCUT2D eigenvalue weighted by molar-refractivity contribution is -0.139. The number of fused-ring (bicyclic) bond motifs is 1. The van der Waals surface area contributed by atoms with Crippen LogP contribution in [-0.4, -0.2) is 22.7 Å². The summed E-state index contributed by atoms with van der Waals surface area (Å²) in [6.45, 7) is -0.396. The van der Waals surface area contributed by atoms with Crippen molar-refractivity contribution >= 4 is 48.7 Å². The Morgan fingerprint density at radius 3 is 2.52 bits per heavy atom. The molecule has 140 valence electrons. The Hall–Kier alpha value is -1.99. The number of aromatic amines is 1. The molecular weight excluding hydrogens is 478 g/mol. The number of halogens is 2. The molecule has 0 aliphatic heterocycles. The second-order valence-electron chi connectivity index (χ2n) is 6.58. The number of hydrogen-bond acceptors (Lipinski definition) is 3. The fraction of sp³-hybridized carbons (Fsp3) is 0.250. The van der Waals surface area contributed by atoms with Crippen LogP contribution < -0.4 is 9.47 Å². The van der Waals surface area contributed by atoms with Crippen molar-refractivity contribution in [2.24, 2.45) is 0 Å². The van der Waals surface area contributed by atoms with Crippen molar-refractivity contribution in [2.45, 2.75) is 25.2 Å². The van der Waals surface area contributed by atoms with Crippen molar-refractivity contribution in [3.05, 3.63) is 51.0 Å². The topological polar surface area (TPSA) is 71.6 Å². The first-order chi connectivity index (χ1) is 13.0. The molecule has 0 atom stereocenters. The zero-order chi connectivity index (χ0) is 19.0. The van der Waals surface area contributed by atoms with Crippen LogP contribution in [0.15, 0.2) is 45.5 Å². The average molecular weight is 495 g/mol. The molecule has 0 unspecified atom stereocenters. The largest absolute Gasteiger partial charge is 0.482 e. The molecule has 1 aromatic heterocycles. The molecule has 27 heavy (non-hydrogen) atoms. The molecule has 0 radical (unpaired) electrons. The van der Waals surface area contributed by atoms with E-state index >= 15 is 0 Å². The number of carboxylic acids is 1. The number of carbonyl (C=O) groups is 1. The van der Waals surface area contributed by atoms with Gasteiger partial charge in [-0.2, -0.15) is 0 Å². The highest BCUT2D eigenvalue weighted by atomic mass is 79.9. The standard InChI is InChI=1S/C20H17Br2NO4/c21-16-7-13(26-10-19(24)25)8-17(22)20(16)27-12-4-5-18-14(6-12)15(9-23-18)11-2-1-3-11/h4-9,11,23H,1-3,10H2,(H,24,25). The molecule has 0 saturated heterocycles. The summed E-state index contributed by atoms with van der Waals surface area (Å²) in [7, 11) is 0. The SMILES string of the molecule is O=C(O)COc1cc(Br)c(Oc2ccc3[nH]cc(C4CCC4)c3c2)c(Br)c1. The van der Waals surface area contributed by atoms with Gasteiger partial charge in [0.15, 0.2) is 12.4 Å². The van der Waals surface area contributed by atoms with Gasteiger partial charge in [0, 0.05) is 17.1 Å². The number of aromatic nitrogens is 1. The minimum atomic E-state index is -1.02. The van der Waals surface area contributed by atoms with E-state index < -0.39 is 12.6 Å². The first-order valence-corrected chi connectivity index (χ1v) is 10.2. The van der Waals surface area contributed by atoms with Crippen LogP contribution in [0.4, 0.5) is 0 Å². The van der Waals surface area contributed by atoms with Gasteiger partial charge in [-0.05, 0) is 86.5 Å². The Balaban J connectivity index is 1.60. The summed E-state index contributed by atoms with van der Waals surface area (Å²) in [6, 6.07) is 9.40. The van der Waals surface area contributed by atoms with Gasteiger partial charge in [-0.15, -0.1) is 0 Å². The second kappa shape index (κ2) is 7.56. The maximum Gasteiger partial charge on any atom is 0.341 e. The predicted octanol–water partition coefficient (Wildman–Crippen LogP) is 6.22. The van der Waals surface area contributed by atoms with Crippen molar-refractivity contribution in [2.75, 3.05) is 6.61 Å². The van der Waals surface area contributed by atoms with Crippen molar-refractivity contribution in [3.8, 4) is 17.2 Å². The van der Waals surface area contributed by atoms with E-state index in [2.05, 4.69) is 49.1 Å². The molecule has 0 spiro atoms. The molecular formula is C20H17Br2NO4. The molecule has 4 rings (SSSR count). The van der Waals surface area contributed by atoms with Gasteiger partial charge < -0.3 is 19.6 Å². The Kier molecular flexibility index (Phi) is 5.14. The van der Waals surface area contributed by atoms with Crippen molar-refractivity contribution in [1.29, 1.82) is 0 Å². The summed E-state index contributed by atoms with van der Waals surface area (Å²) in [4.78, 5) is 14.0. The minimum Gasteiger partial charge on any atom is -0.482 e. The zero-order valence-corrected chi connectivity index (χ0v) is 17.5. The average Bonchev–Trinajstić information content (AvgIpc) is 2.98. The van der Waals surface area contributed by atoms with E-state index in [1.807, 2.05) is 12.1 Å². The maximum absolute atomic E-state index is 10.7. The van der Waals surface area contributed by atoms with Crippen LogP contribution in [0.1, 0.15) is 30.7 Å². The number of ether oxygens (including phenoxy) is 2. The van der Waals surface area contributed by atoms with Crippen LogP contribution in [-0.2, 0) is 4.79 Å². The van der Waals surface area contributed by atoms with Crippen LogP contribution in [0.3, 0.4) is 0 Å². The Labute approximate surface area is 172 Å². The molecule has 1 aliphatic rings. The number of H-pyrrole nitrogens is 1. The summed E-state index contributed by atoms with van der Waals surface area (Å²) >= 11 is 6.95. The van der Waals surface area contributed by atoms with Gasteiger partial charge in [-0.25, -0.2) is 4.79 Å². The molecule has 1 heterocycles. The van der Waals surface area contributed by atoms with Crippen LogP contribution in [0.2, 0.25) is 0 Å². The molecule has 2 aromatic carbocycles. The van der Waals surface area contributed by atoms with E-state index in [1.165, 1.54) is 30.2 Å². The van der Waals surface area contributed by atoms with Gasteiger partial charge in [-0.3, -0.25) is 0 Å². The van der Waals surface area contributed by atoms with Crippen molar-refractivity contribution in [1.82, 2.24) is 4.98 Å². The normalized spacial score (nSPS) is 14.1. The molecule has 2 N–H and O–H groups in total. The molecule has 3 aromatic rings. The maximum atomic E-state index is 10.7. The number of benzene rings is 2. The molecule has 1 saturated carbocycles. The van der Waals surface area contributed by atoms with Crippen LogP contribution in [0.5, 0.6) is 17.2 Å². The van der Waals surface area contributed by atoms with E-state index in [-0.39, 0.29) is 0 Å². The number of hydrogen-bond donors (Lipinski definition) is 2. The van der Waals surface area contributed by atoms with Gasteiger partial charge in [0.2, 0.25) is 0 Å². The second-order valence-corrected chi connectivity index (χ2v) is 8.29. The molecule has 5 nitrogen and oxygen atoms in total. The number of aliphatic carboxylic acids is 1. The summed E-state index contributed by atoms with van der Waals surface area (Å²) in [5.41, 5.74) is 2.47. The van der Waals surface area contributed by atoms with Crippen molar-refractivity contribution in [3.63, 3.8) is 0 Å². The van der Waals surface area contributed by atoms with Crippen LogP contribution >= 0.6 is 31.9 Å². The van der Waals surface area contributed by atoms with Gasteiger partial charge in [0.1, 0.15) is 11.5 Å². The van der Waals surface area contributed by atoms with Gasteiger partial charge in [0.25, 0.3) is 0 Å². The highest BCUT2D eigenvalue weighted by molar-refractivity contribution is 9.11. The summed E-state index contributed by atoms with van der Waals surface area (Å²) < 4.78 is 12.7. The Morgan fingerprint density at radius 1 is 1.15 bits per heavy atom. The minimum absolute atomic E-state index is 0.396. The third kappa shape index (κ3) is 3.84. The lowest BCUT2D eigenvalue weighted by atomic mass is 9.80. The fourth-order valence-electron chi connectivity index (χ4n) is 3.22. The zero-order valence-electron chi connectivity index (χ0n) is 14.3. The molecule has 0 amide bonds. The number of rotatable bonds is 6. The number of carboxylic acid groups (broad SMARTS) is 1. The summed E-state index contributed by atoms with van der Waals surface area (Å²) in [5, 5.41) is 9.94. The highest BCUT2D eigenvalue weighted by Crippen LogP contribution is 2.43. The summed E-state index contributed by atoms with van der Waals surface area (Å²) in [6.07, 6.45) is 5.89. The Morgan fingerprint density at radius 2 is 1.89 bits per heavy atom. The third-order valence-electron chi connectivity index (χ3n) is 4.78. The predicted molar refractivity (Wildman–Crippen MR) is 110 cm³/mol.